The molecule has 4 nitrogen and oxygen atoms in total. The molecule has 0 bridgehead atoms. The molecule has 0 spiro atoms. The van der Waals surface area contributed by atoms with E-state index in [0.29, 0.717) is 12.3 Å². The first-order valence-electron chi connectivity index (χ1n) is 4.43. The smallest absolute Gasteiger partial charge is 0.312 e. The molecular formula is C9H12N2O2. The molecule has 2 rings (SSSR count). The first-order valence-corrected chi connectivity index (χ1v) is 4.43. The number of aromatic amines is 1. The number of carboxylic acids is 1. The molecule has 0 saturated heterocycles. The molecule has 0 aromatic carbocycles. The van der Waals surface area contributed by atoms with Crippen LogP contribution in [-0.4, -0.2) is 21.3 Å². The van der Waals surface area contributed by atoms with E-state index in [4.69, 9.17) is 5.11 Å². The molecule has 1 aliphatic carbocycles. The standard InChI is InChI=1S/C9H12N2O2/c1-5-2-6-4-10-11-8(6)7(3-5)9(12)13/h4-5,7H,2-3H2,1H3,(H,10,11)(H,12,13)/t5-,7-/m0/s1. The van der Waals surface area contributed by atoms with Crippen LogP contribution in [0.25, 0.3) is 0 Å². The van der Waals surface area contributed by atoms with Crippen molar-refractivity contribution in [2.45, 2.75) is 25.7 Å². The van der Waals surface area contributed by atoms with Crippen LogP contribution in [0.15, 0.2) is 6.20 Å². The molecule has 0 fully saturated rings. The summed E-state index contributed by atoms with van der Waals surface area (Å²) < 4.78 is 0. The zero-order valence-electron chi connectivity index (χ0n) is 7.45. The Balaban J connectivity index is 2.38. The highest BCUT2D eigenvalue weighted by atomic mass is 16.4. The molecule has 1 aliphatic rings. The van der Waals surface area contributed by atoms with E-state index in [0.717, 1.165) is 17.7 Å². The third-order valence-corrected chi connectivity index (χ3v) is 2.60. The third kappa shape index (κ3) is 1.32. The number of carbonyl (C=O) groups is 1. The first-order chi connectivity index (χ1) is 6.18. The topological polar surface area (TPSA) is 66.0 Å². The summed E-state index contributed by atoms with van der Waals surface area (Å²) >= 11 is 0. The van der Waals surface area contributed by atoms with Crippen molar-refractivity contribution in [1.29, 1.82) is 0 Å². The van der Waals surface area contributed by atoms with Gasteiger partial charge in [-0.05, 0) is 24.3 Å². The summed E-state index contributed by atoms with van der Waals surface area (Å²) in [6.07, 6.45) is 3.39. The molecule has 2 N–H and O–H groups in total. The van der Waals surface area contributed by atoms with Crippen molar-refractivity contribution in [3.8, 4) is 0 Å². The molecule has 13 heavy (non-hydrogen) atoms. The number of aromatic nitrogens is 2. The Morgan fingerprint density at radius 1 is 1.77 bits per heavy atom. The lowest BCUT2D eigenvalue weighted by Crippen LogP contribution is -2.22. The van der Waals surface area contributed by atoms with E-state index in [9.17, 15) is 4.79 Å². The number of H-pyrrole nitrogens is 1. The highest BCUT2D eigenvalue weighted by Gasteiger charge is 2.31. The van der Waals surface area contributed by atoms with Gasteiger partial charge in [-0.2, -0.15) is 5.10 Å². The molecule has 0 unspecified atom stereocenters. The minimum Gasteiger partial charge on any atom is -0.481 e. The van der Waals surface area contributed by atoms with Crippen LogP contribution in [0.5, 0.6) is 0 Å². The minimum atomic E-state index is -0.753. The lowest BCUT2D eigenvalue weighted by Gasteiger charge is -2.23. The lowest BCUT2D eigenvalue weighted by atomic mass is 9.81. The molecule has 1 heterocycles. The number of hydrogen-bond acceptors (Lipinski definition) is 2. The van der Waals surface area contributed by atoms with Crippen molar-refractivity contribution in [3.63, 3.8) is 0 Å². The fourth-order valence-electron chi connectivity index (χ4n) is 1.99. The zero-order chi connectivity index (χ0) is 9.42. The highest BCUT2D eigenvalue weighted by molar-refractivity contribution is 5.76. The van der Waals surface area contributed by atoms with E-state index < -0.39 is 5.97 Å². The fourth-order valence-corrected chi connectivity index (χ4v) is 1.99. The van der Waals surface area contributed by atoms with E-state index >= 15 is 0 Å². The molecule has 0 radical (unpaired) electrons. The largest absolute Gasteiger partial charge is 0.481 e. The second-order valence-corrected chi connectivity index (χ2v) is 3.74. The summed E-state index contributed by atoms with van der Waals surface area (Å²) in [7, 11) is 0. The maximum absolute atomic E-state index is 10.9. The Morgan fingerprint density at radius 2 is 2.54 bits per heavy atom. The number of nitrogens with zero attached hydrogens (tertiary/aromatic N) is 1. The van der Waals surface area contributed by atoms with Crippen molar-refractivity contribution in [2.24, 2.45) is 5.92 Å². The zero-order valence-corrected chi connectivity index (χ0v) is 7.45. The number of nitrogens with one attached hydrogen (secondary N) is 1. The van der Waals surface area contributed by atoms with Crippen molar-refractivity contribution >= 4 is 5.97 Å². The van der Waals surface area contributed by atoms with Gasteiger partial charge in [0.25, 0.3) is 0 Å². The Hall–Kier alpha value is -1.32. The summed E-state index contributed by atoms with van der Waals surface area (Å²) in [6.45, 7) is 2.08. The Kier molecular flexibility index (Phi) is 1.83. The van der Waals surface area contributed by atoms with E-state index in [1.807, 2.05) is 0 Å². The van der Waals surface area contributed by atoms with Gasteiger partial charge in [-0.1, -0.05) is 6.92 Å². The maximum Gasteiger partial charge on any atom is 0.312 e. The van der Waals surface area contributed by atoms with E-state index in [2.05, 4.69) is 17.1 Å². The molecule has 70 valence electrons. The summed E-state index contributed by atoms with van der Waals surface area (Å²) in [5.74, 6) is -0.704. The Labute approximate surface area is 76.0 Å². The quantitative estimate of drug-likeness (QED) is 0.681. The first kappa shape index (κ1) is 8.29. The van der Waals surface area contributed by atoms with E-state index in [-0.39, 0.29) is 5.92 Å². The second kappa shape index (κ2) is 2.87. The maximum atomic E-state index is 10.9. The molecule has 1 aromatic rings. The van der Waals surface area contributed by atoms with E-state index in [1.54, 1.807) is 6.20 Å². The Morgan fingerprint density at radius 3 is 3.23 bits per heavy atom. The van der Waals surface area contributed by atoms with Gasteiger partial charge >= 0.3 is 5.97 Å². The number of fused-ring (bicyclic) bond motifs is 1. The summed E-state index contributed by atoms with van der Waals surface area (Å²) in [4.78, 5) is 10.9. The van der Waals surface area contributed by atoms with Gasteiger partial charge in [0.15, 0.2) is 0 Å². The number of hydrogen-bond donors (Lipinski definition) is 2. The van der Waals surface area contributed by atoms with Crippen molar-refractivity contribution in [3.05, 3.63) is 17.5 Å². The van der Waals surface area contributed by atoms with Crippen LogP contribution in [0.1, 0.15) is 30.5 Å². The summed E-state index contributed by atoms with van der Waals surface area (Å²) in [5, 5.41) is 15.6. The molecular weight excluding hydrogens is 168 g/mol. The van der Waals surface area contributed by atoms with Crippen molar-refractivity contribution in [2.75, 3.05) is 0 Å². The van der Waals surface area contributed by atoms with Crippen molar-refractivity contribution in [1.82, 2.24) is 10.2 Å². The van der Waals surface area contributed by atoms with Gasteiger partial charge in [0.2, 0.25) is 0 Å². The van der Waals surface area contributed by atoms with Crippen LogP contribution >= 0.6 is 0 Å². The minimum absolute atomic E-state index is 0.388. The number of carboxylic acid groups (broad SMARTS) is 1. The van der Waals surface area contributed by atoms with Gasteiger partial charge < -0.3 is 5.11 Å². The van der Waals surface area contributed by atoms with Crippen LogP contribution in [0, 0.1) is 5.92 Å². The monoisotopic (exact) mass is 180 g/mol. The van der Waals surface area contributed by atoms with Crippen LogP contribution in [0.2, 0.25) is 0 Å². The molecule has 0 saturated carbocycles. The van der Waals surface area contributed by atoms with Crippen LogP contribution in [0.3, 0.4) is 0 Å². The van der Waals surface area contributed by atoms with Gasteiger partial charge in [0, 0.05) is 0 Å². The molecule has 4 heteroatoms. The van der Waals surface area contributed by atoms with Crippen LogP contribution < -0.4 is 0 Å². The molecule has 2 atom stereocenters. The average molecular weight is 180 g/mol. The second-order valence-electron chi connectivity index (χ2n) is 3.74. The van der Waals surface area contributed by atoms with Gasteiger partial charge in [0.1, 0.15) is 0 Å². The molecule has 1 aromatic heterocycles. The van der Waals surface area contributed by atoms with Crippen molar-refractivity contribution < 1.29 is 9.90 Å². The SMILES string of the molecule is C[C@H]1Cc2cn[nH]c2[C@@H](C(=O)O)C1. The van der Waals surface area contributed by atoms with E-state index in [1.165, 1.54) is 0 Å². The van der Waals surface area contributed by atoms with Gasteiger partial charge in [-0.3, -0.25) is 9.89 Å². The van der Waals surface area contributed by atoms with Gasteiger partial charge in [0.05, 0.1) is 17.8 Å². The van der Waals surface area contributed by atoms with Crippen LogP contribution in [-0.2, 0) is 11.2 Å². The highest BCUT2D eigenvalue weighted by Crippen LogP contribution is 2.33. The predicted molar refractivity (Wildman–Crippen MR) is 46.4 cm³/mol. The average Bonchev–Trinajstić information content (AvgIpc) is 2.49. The Bertz CT molecular complexity index is 332. The number of rotatable bonds is 1. The normalized spacial score (nSPS) is 26.8. The predicted octanol–water partition coefficient (Wildman–Crippen LogP) is 1.16. The third-order valence-electron chi connectivity index (χ3n) is 2.60. The van der Waals surface area contributed by atoms with Gasteiger partial charge in [-0.25, -0.2) is 0 Å². The molecule has 0 amide bonds. The lowest BCUT2D eigenvalue weighted by molar-refractivity contribution is -0.139. The van der Waals surface area contributed by atoms with Gasteiger partial charge in [-0.15, -0.1) is 0 Å². The fraction of sp³-hybridized carbons (Fsp3) is 0.556. The number of aliphatic carboxylic acids is 1. The summed E-state index contributed by atoms with van der Waals surface area (Å²) in [6, 6.07) is 0. The van der Waals surface area contributed by atoms with Crippen LogP contribution in [0.4, 0.5) is 0 Å². The molecule has 0 aliphatic heterocycles. The summed E-state index contributed by atoms with van der Waals surface area (Å²) in [5.41, 5.74) is 1.86.